The lowest BCUT2D eigenvalue weighted by molar-refractivity contribution is -0.0980. The molecule has 0 amide bonds. The van der Waals surface area contributed by atoms with Crippen molar-refractivity contribution in [2.24, 2.45) is 5.92 Å². The molecule has 6 heteroatoms. The summed E-state index contributed by atoms with van der Waals surface area (Å²) in [5.41, 5.74) is 1.47. The number of benzene rings is 1. The van der Waals surface area contributed by atoms with Crippen LogP contribution in [0.25, 0.3) is 5.57 Å². The number of carbonyl (C=O) groups is 1. The van der Waals surface area contributed by atoms with E-state index in [1.807, 2.05) is 39.7 Å². The van der Waals surface area contributed by atoms with Crippen molar-refractivity contribution in [1.29, 1.82) is 0 Å². The first-order valence-corrected chi connectivity index (χ1v) is 14.1. The first kappa shape index (κ1) is 40.8. The molecule has 0 saturated carbocycles. The van der Waals surface area contributed by atoms with Gasteiger partial charge < -0.3 is 24.1 Å². The molecular formula is C33H55FO5. The number of hydrogen-bond acceptors (Lipinski definition) is 5. The van der Waals surface area contributed by atoms with Crippen LogP contribution in [0.4, 0.5) is 4.39 Å². The second-order valence-corrected chi connectivity index (χ2v) is 8.25. The molecule has 1 aromatic carbocycles. The lowest BCUT2D eigenvalue weighted by Crippen LogP contribution is -2.04. The summed E-state index contributed by atoms with van der Waals surface area (Å²) in [6.45, 7) is 21.8. The fourth-order valence-electron chi connectivity index (χ4n) is 3.77. The molecule has 0 aromatic heterocycles. The van der Waals surface area contributed by atoms with Crippen molar-refractivity contribution in [3.8, 4) is 11.5 Å². The van der Waals surface area contributed by atoms with E-state index in [2.05, 4.69) is 39.7 Å². The average Bonchev–Trinajstić information content (AvgIpc) is 2.96. The summed E-state index contributed by atoms with van der Waals surface area (Å²) in [7, 11) is 0. The SMILES string of the molecule is C=C.C=C(F)/C=C(\C=C/CCC(CCCC)CCCCC)c1cc(OCC)cc(OCOCO)c1.C=O.CC. The maximum atomic E-state index is 13.8. The van der Waals surface area contributed by atoms with Crippen molar-refractivity contribution in [3.63, 3.8) is 0 Å². The van der Waals surface area contributed by atoms with E-state index >= 15 is 0 Å². The van der Waals surface area contributed by atoms with Crippen LogP contribution in [-0.4, -0.2) is 32.1 Å². The summed E-state index contributed by atoms with van der Waals surface area (Å²) in [5, 5.41) is 8.80. The molecule has 1 aromatic rings. The third kappa shape index (κ3) is 22.9. The fraction of sp³-hybridized carbons (Fsp3) is 0.545. The number of unbranched alkanes of at least 4 members (excludes halogenated alkanes) is 3. The zero-order valence-electron chi connectivity index (χ0n) is 25.3. The highest BCUT2D eigenvalue weighted by Crippen LogP contribution is 2.30. The lowest BCUT2D eigenvalue weighted by atomic mass is 9.91. The molecule has 39 heavy (non-hydrogen) atoms. The van der Waals surface area contributed by atoms with Gasteiger partial charge in [0.25, 0.3) is 0 Å². The predicted molar refractivity (Wildman–Crippen MR) is 165 cm³/mol. The summed E-state index contributed by atoms with van der Waals surface area (Å²) >= 11 is 0. The number of rotatable bonds is 19. The monoisotopic (exact) mass is 550 g/mol. The minimum atomic E-state index is -0.511. The fourth-order valence-corrected chi connectivity index (χ4v) is 3.77. The summed E-state index contributed by atoms with van der Waals surface area (Å²) in [4.78, 5) is 8.00. The lowest BCUT2D eigenvalue weighted by Gasteiger charge is -2.15. The molecule has 0 heterocycles. The molecule has 0 aliphatic heterocycles. The summed E-state index contributed by atoms with van der Waals surface area (Å²) in [5.74, 6) is 1.37. The van der Waals surface area contributed by atoms with Crippen LogP contribution >= 0.6 is 0 Å². The largest absolute Gasteiger partial charge is 0.494 e. The van der Waals surface area contributed by atoms with Gasteiger partial charge in [-0.15, -0.1) is 13.2 Å². The van der Waals surface area contributed by atoms with Crippen LogP contribution in [0.5, 0.6) is 11.5 Å². The molecule has 0 bridgehead atoms. The molecule has 0 spiro atoms. The van der Waals surface area contributed by atoms with Crippen LogP contribution in [0, 0.1) is 5.92 Å². The van der Waals surface area contributed by atoms with Crippen LogP contribution in [0.1, 0.15) is 98.0 Å². The second-order valence-electron chi connectivity index (χ2n) is 8.25. The van der Waals surface area contributed by atoms with Crippen molar-refractivity contribution < 1.29 is 28.5 Å². The molecule has 0 radical (unpaired) electrons. The molecule has 0 saturated heterocycles. The van der Waals surface area contributed by atoms with Crippen molar-refractivity contribution in [3.05, 3.63) is 67.6 Å². The first-order chi connectivity index (χ1) is 19.0. The number of ether oxygens (including phenoxy) is 3. The van der Waals surface area contributed by atoms with Crippen LogP contribution in [0.2, 0.25) is 0 Å². The minimum absolute atomic E-state index is 0.0899. The van der Waals surface area contributed by atoms with Gasteiger partial charge in [-0.05, 0) is 55.0 Å². The third-order valence-electron chi connectivity index (χ3n) is 5.46. The quantitative estimate of drug-likeness (QED) is 0.0804. The van der Waals surface area contributed by atoms with E-state index in [9.17, 15) is 4.39 Å². The molecule has 1 rings (SSSR count). The number of hydrogen-bond donors (Lipinski definition) is 1. The number of carbonyl (C=O) groups excluding carboxylic acids is 1. The highest BCUT2D eigenvalue weighted by Gasteiger charge is 2.09. The van der Waals surface area contributed by atoms with E-state index in [1.165, 1.54) is 51.0 Å². The van der Waals surface area contributed by atoms with Crippen LogP contribution in [0.3, 0.4) is 0 Å². The average molecular weight is 551 g/mol. The number of halogens is 1. The number of allylic oxidation sites excluding steroid dienone is 5. The van der Waals surface area contributed by atoms with E-state index in [0.717, 1.165) is 24.3 Å². The second kappa shape index (κ2) is 31.5. The Morgan fingerprint density at radius 2 is 1.54 bits per heavy atom. The van der Waals surface area contributed by atoms with Gasteiger partial charge in [0.1, 0.15) is 30.9 Å². The van der Waals surface area contributed by atoms with E-state index in [4.69, 9.17) is 24.1 Å². The molecule has 0 fully saturated rings. The van der Waals surface area contributed by atoms with E-state index < -0.39 is 12.6 Å². The van der Waals surface area contributed by atoms with Crippen molar-refractivity contribution in [1.82, 2.24) is 0 Å². The summed E-state index contributed by atoms with van der Waals surface area (Å²) in [6, 6.07) is 5.41. The van der Waals surface area contributed by atoms with Gasteiger partial charge in [-0.1, -0.05) is 91.4 Å². The van der Waals surface area contributed by atoms with Crippen molar-refractivity contribution >= 4 is 12.4 Å². The van der Waals surface area contributed by atoms with Gasteiger partial charge in [-0.25, -0.2) is 4.39 Å². The summed E-state index contributed by atoms with van der Waals surface area (Å²) in [6.07, 6.45) is 16.5. The standard InChI is InChI=1S/C28H43FO4.C2H6.C2H4.CH2O/c1-5-8-10-14-24(13-9-6-2)15-11-12-16-25(17-23(4)29)26-18-27(32-7-3)20-28(19-26)33-22-31-21-30;3*1-2/h12,16-20,24,30H,4-11,13-15,21-22H2,1-3H3;1-2H3;1-2H2;1H2/b16-12-,25-17+;;;. The van der Waals surface area contributed by atoms with Gasteiger partial charge in [-0.2, -0.15) is 0 Å². The molecule has 5 nitrogen and oxygen atoms in total. The molecule has 0 aliphatic carbocycles. The van der Waals surface area contributed by atoms with E-state index in [0.29, 0.717) is 23.7 Å². The van der Waals surface area contributed by atoms with Gasteiger partial charge in [-0.3, -0.25) is 0 Å². The van der Waals surface area contributed by atoms with Crippen LogP contribution < -0.4 is 9.47 Å². The number of aliphatic hydroxyl groups is 1. The molecule has 0 aliphatic rings. The highest BCUT2D eigenvalue weighted by atomic mass is 19.1. The Morgan fingerprint density at radius 3 is 2.08 bits per heavy atom. The number of aliphatic hydroxyl groups excluding tert-OH is 1. The van der Waals surface area contributed by atoms with Gasteiger partial charge in [0.05, 0.1) is 6.61 Å². The zero-order chi connectivity index (χ0) is 30.3. The topological polar surface area (TPSA) is 65.0 Å². The van der Waals surface area contributed by atoms with Crippen molar-refractivity contribution in [2.75, 3.05) is 20.2 Å². The Morgan fingerprint density at radius 1 is 0.949 bits per heavy atom. The van der Waals surface area contributed by atoms with Gasteiger partial charge >= 0.3 is 0 Å². The first-order valence-electron chi connectivity index (χ1n) is 14.1. The van der Waals surface area contributed by atoms with Crippen molar-refractivity contribution in [2.45, 2.75) is 92.4 Å². The van der Waals surface area contributed by atoms with Gasteiger partial charge in [0, 0.05) is 6.07 Å². The van der Waals surface area contributed by atoms with Gasteiger partial charge in [0.15, 0.2) is 6.79 Å². The third-order valence-corrected chi connectivity index (χ3v) is 5.46. The maximum absolute atomic E-state index is 13.8. The molecule has 224 valence electrons. The zero-order valence-corrected chi connectivity index (χ0v) is 25.3. The molecule has 1 N–H and O–H groups in total. The van der Waals surface area contributed by atoms with Crippen LogP contribution in [0.15, 0.2) is 62.0 Å². The van der Waals surface area contributed by atoms with Gasteiger partial charge in [0.2, 0.25) is 0 Å². The molecule has 1 atom stereocenters. The predicted octanol–water partition coefficient (Wildman–Crippen LogP) is 9.62. The minimum Gasteiger partial charge on any atom is -0.494 e. The molecular weight excluding hydrogens is 495 g/mol. The molecule has 1 unspecified atom stereocenters. The van der Waals surface area contributed by atoms with E-state index in [1.54, 1.807) is 12.1 Å². The smallest absolute Gasteiger partial charge is 0.191 e. The Hall–Kier alpha value is -2.70. The Bertz CT molecular complexity index is 758. The Kier molecular flexibility index (Phi) is 33.0. The Balaban J connectivity index is -0.00000201. The van der Waals surface area contributed by atoms with E-state index in [-0.39, 0.29) is 6.79 Å². The highest BCUT2D eigenvalue weighted by molar-refractivity contribution is 5.77. The maximum Gasteiger partial charge on any atom is 0.191 e. The normalized spacial score (nSPS) is 11.2. The Labute approximate surface area is 238 Å². The summed E-state index contributed by atoms with van der Waals surface area (Å²) < 4.78 is 29.8. The van der Waals surface area contributed by atoms with Crippen LogP contribution in [-0.2, 0) is 9.53 Å².